The Balaban J connectivity index is 1.73. The minimum Gasteiger partial charge on any atom is -0.508 e. The third kappa shape index (κ3) is 4.85. The fourth-order valence-electron chi connectivity index (χ4n) is 2.65. The first-order valence-electron chi connectivity index (χ1n) is 8.39. The number of carbonyl (C=O) groups is 1. The number of aliphatic hydroxyl groups excluding tert-OH is 1. The Labute approximate surface area is 155 Å². The summed E-state index contributed by atoms with van der Waals surface area (Å²) in [5.74, 6) is -0.0124. The molecule has 0 radical (unpaired) electrons. The maximum Gasteiger partial charge on any atom is 0.290 e. The number of thiophene rings is 1. The molecule has 6 nitrogen and oxygen atoms in total. The van der Waals surface area contributed by atoms with Crippen LogP contribution in [-0.2, 0) is 14.3 Å². The highest BCUT2D eigenvalue weighted by Crippen LogP contribution is 2.33. The summed E-state index contributed by atoms with van der Waals surface area (Å²) in [6, 6.07) is 8.25. The molecule has 3 rings (SSSR count). The van der Waals surface area contributed by atoms with Crippen LogP contribution >= 0.6 is 11.3 Å². The molecule has 1 aromatic carbocycles. The van der Waals surface area contributed by atoms with Gasteiger partial charge in [0.05, 0.1) is 6.61 Å². The van der Waals surface area contributed by atoms with E-state index in [9.17, 15) is 9.90 Å². The standard InChI is InChI=1S/C19H21NO5S/c21-7-1-8-24-18-11-14(13-6-9-26-12-13)10-17(25-18)19(23)20-15-2-4-16(22)5-3-15/h2-6,9-10,12,14,18,21-22H,1,7-8,11H2,(H,20,23)/t14-,18+/m0/s1. The molecule has 0 saturated carbocycles. The first-order chi connectivity index (χ1) is 12.7. The Bertz CT molecular complexity index is 742. The molecule has 1 aliphatic heterocycles. The molecule has 0 saturated heterocycles. The second-order valence-corrected chi connectivity index (χ2v) is 6.71. The Morgan fingerprint density at radius 3 is 2.81 bits per heavy atom. The summed E-state index contributed by atoms with van der Waals surface area (Å²) in [6.45, 7) is 0.412. The van der Waals surface area contributed by atoms with Crippen LogP contribution in [0.15, 0.2) is 52.9 Å². The highest BCUT2D eigenvalue weighted by Gasteiger charge is 2.29. The second-order valence-electron chi connectivity index (χ2n) is 5.93. The van der Waals surface area contributed by atoms with Gasteiger partial charge in [0.1, 0.15) is 5.75 Å². The smallest absolute Gasteiger partial charge is 0.290 e. The van der Waals surface area contributed by atoms with Crippen LogP contribution in [0.3, 0.4) is 0 Å². The Hall–Kier alpha value is -2.35. The van der Waals surface area contributed by atoms with Gasteiger partial charge in [-0.25, -0.2) is 0 Å². The van der Waals surface area contributed by atoms with Crippen LogP contribution in [0.2, 0.25) is 0 Å². The normalized spacial score (nSPS) is 19.5. The maximum absolute atomic E-state index is 12.6. The maximum atomic E-state index is 12.6. The van der Waals surface area contributed by atoms with Crippen molar-refractivity contribution in [1.29, 1.82) is 0 Å². The van der Waals surface area contributed by atoms with Crippen LogP contribution in [0.4, 0.5) is 5.69 Å². The molecule has 26 heavy (non-hydrogen) atoms. The predicted octanol–water partition coefficient (Wildman–Crippen LogP) is 3.21. The number of hydrogen-bond donors (Lipinski definition) is 3. The number of hydrogen-bond acceptors (Lipinski definition) is 6. The highest BCUT2D eigenvalue weighted by molar-refractivity contribution is 7.08. The number of aliphatic hydroxyl groups is 1. The second kappa shape index (κ2) is 8.84. The van der Waals surface area contributed by atoms with Gasteiger partial charge < -0.3 is 25.0 Å². The fraction of sp³-hybridized carbons (Fsp3) is 0.316. The molecule has 1 aromatic heterocycles. The lowest BCUT2D eigenvalue weighted by molar-refractivity contribution is -0.144. The van der Waals surface area contributed by atoms with Crippen LogP contribution in [0, 0.1) is 0 Å². The molecule has 138 valence electrons. The molecule has 0 fully saturated rings. The number of amides is 1. The van der Waals surface area contributed by atoms with Gasteiger partial charge in [-0.05, 0) is 59.2 Å². The van der Waals surface area contributed by atoms with Gasteiger partial charge in [-0.3, -0.25) is 4.79 Å². The largest absolute Gasteiger partial charge is 0.508 e. The van der Waals surface area contributed by atoms with E-state index < -0.39 is 6.29 Å². The lowest BCUT2D eigenvalue weighted by atomic mass is 9.95. The van der Waals surface area contributed by atoms with Crippen molar-refractivity contribution >= 4 is 22.9 Å². The monoisotopic (exact) mass is 375 g/mol. The summed E-state index contributed by atoms with van der Waals surface area (Å²) in [5.41, 5.74) is 1.68. The lowest BCUT2D eigenvalue weighted by Crippen LogP contribution is -2.29. The van der Waals surface area contributed by atoms with E-state index >= 15 is 0 Å². The van der Waals surface area contributed by atoms with Crippen LogP contribution in [0.1, 0.15) is 24.3 Å². The first kappa shape index (κ1) is 18.4. The molecule has 1 aliphatic rings. The van der Waals surface area contributed by atoms with Crippen LogP contribution in [0.5, 0.6) is 5.75 Å². The Kier molecular flexibility index (Phi) is 6.27. The SMILES string of the molecule is O=C(Nc1ccc(O)cc1)C1=C[C@H](c2ccsc2)C[C@H](OCCCO)O1. The van der Waals surface area contributed by atoms with Gasteiger partial charge in [-0.15, -0.1) is 0 Å². The average Bonchev–Trinajstić information content (AvgIpc) is 3.18. The van der Waals surface area contributed by atoms with Crippen molar-refractivity contribution in [3.63, 3.8) is 0 Å². The number of rotatable bonds is 7. The minimum atomic E-state index is -0.544. The van der Waals surface area contributed by atoms with E-state index in [1.165, 1.54) is 12.1 Å². The van der Waals surface area contributed by atoms with Crippen molar-refractivity contribution in [2.24, 2.45) is 0 Å². The van der Waals surface area contributed by atoms with Gasteiger partial charge >= 0.3 is 0 Å². The van der Waals surface area contributed by atoms with Crippen LogP contribution in [0.25, 0.3) is 0 Å². The van der Waals surface area contributed by atoms with Crippen molar-refractivity contribution in [3.05, 3.63) is 58.5 Å². The van der Waals surface area contributed by atoms with E-state index in [2.05, 4.69) is 5.32 Å². The summed E-state index contributed by atoms with van der Waals surface area (Å²) in [6.07, 6.45) is 2.39. The quantitative estimate of drug-likeness (QED) is 0.511. The van der Waals surface area contributed by atoms with Crippen LogP contribution < -0.4 is 5.32 Å². The molecule has 0 spiro atoms. The van der Waals surface area contributed by atoms with Gasteiger partial charge in [0.25, 0.3) is 5.91 Å². The molecule has 2 aromatic rings. The average molecular weight is 375 g/mol. The van der Waals surface area contributed by atoms with E-state index in [0.717, 1.165) is 5.56 Å². The zero-order valence-corrected chi connectivity index (χ0v) is 14.9. The number of allylic oxidation sites excluding steroid dienone is 1. The molecule has 0 aliphatic carbocycles. The molecular formula is C19H21NO5S. The van der Waals surface area contributed by atoms with E-state index in [4.69, 9.17) is 14.6 Å². The predicted molar refractivity (Wildman–Crippen MR) is 99.0 cm³/mol. The van der Waals surface area contributed by atoms with E-state index in [1.807, 2.05) is 22.9 Å². The van der Waals surface area contributed by atoms with Gasteiger partial charge in [-0.1, -0.05) is 0 Å². The molecule has 0 bridgehead atoms. The minimum absolute atomic E-state index is 0.0229. The summed E-state index contributed by atoms with van der Waals surface area (Å²) >= 11 is 1.60. The Morgan fingerprint density at radius 1 is 1.31 bits per heavy atom. The zero-order chi connectivity index (χ0) is 18.4. The molecule has 3 N–H and O–H groups in total. The number of nitrogens with one attached hydrogen (secondary N) is 1. The van der Waals surface area contributed by atoms with Gasteiger partial charge in [0.2, 0.25) is 6.29 Å². The third-order valence-corrected chi connectivity index (χ3v) is 4.69. The number of phenols is 1. The third-order valence-electron chi connectivity index (χ3n) is 3.98. The zero-order valence-electron chi connectivity index (χ0n) is 14.1. The van der Waals surface area contributed by atoms with Gasteiger partial charge in [0.15, 0.2) is 5.76 Å². The van der Waals surface area contributed by atoms with Crippen molar-refractivity contribution in [2.75, 3.05) is 18.5 Å². The van der Waals surface area contributed by atoms with E-state index in [1.54, 1.807) is 23.5 Å². The molecule has 1 amide bonds. The summed E-state index contributed by atoms with van der Waals surface area (Å²) in [4.78, 5) is 12.6. The number of carbonyl (C=O) groups excluding carboxylic acids is 1. The molecular weight excluding hydrogens is 354 g/mol. The number of benzene rings is 1. The van der Waals surface area contributed by atoms with Gasteiger partial charge in [-0.2, -0.15) is 11.3 Å². The van der Waals surface area contributed by atoms with E-state index in [0.29, 0.717) is 25.1 Å². The van der Waals surface area contributed by atoms with E-state index in [-0.39, 0.29) is 29.9 Å². The van der Waals surface area contributed by atoms with Gasteiger partial charge in [0, 0.05) is 24.6 Å². The molecule has 2 atom stereocenters. The lowest BCUT2D eigenvalue weighted by Gasteiger charge is -2.28. The number of ether oxygens (including phenoxy) is 2. The molecule has 2 heterocycles. The van der Waals surface area contributed by atoms with Crippen molar-refractivity contribution in [1.82, 2.24) is 0 Å². The van der Waals surface area contributed by atoms with Crippen molar-refractivity contribution < 1.29 is 24.5 Å². The molecule has 7 heteroatoms. The summed E-state index contributed by atoms with van der Waals surface area (Å²) in [5, 5.41) is 25.0. The number of aromatic hydroxyl groups is 1. The number of anilines is 1. The molecule has 0 unspecified atom stereocenters. The van der Waals surface area contributed by atoms with Crippen molar-refractivity contribution in [2.45, 2.75) is 25.0 Å². The first-order valence-corrected chi connectivity index (χ1v) is 9.33. The van der Waals surface area contributed by atoms with Crippen LogP contribution in [-0.4, -0.2) is 35.6 Å². The fourth-order valence-corrected chi connectivity index (χ4v) is 3.38. The summed E-state index contributed by atoms with van der Waals surface area (Å²) < 4.78 is 11.4. The topological polar surface area (TPSA) is 88.0 Å². The Morgan fingerprint density at radius 2 is 2.12 bits per heavy atom. The van der Waals surface area contributed by atoms with Crippen molar-refractivity contribution in [3.8, 4) is 5.75 Å². The highest BCUT2D eigenvalue weighted by atomic mass is 32.1. The summed E-state index contributed by atoms with van der Waals surface area (Å²) in [7, 11) is 0. The number of phenolic OH excluding ortho intramolecular Hbond substituents is 1.